The van der Waals surface area contributed by atoms with E-state index in [2.05, 4.69) is 10.0 Å². The molecule has 2 N–H and O–H groups in total. The Labute approximate surface area is 140 Å². The van der Waals surface area contributed by atoms with Crippen LogP contribution in [-0.2, 0) is 17.1 Å². The zero-order valence-electron chi connectivity index (χ0n) is 13.4. The Hall–Kier alpha value is -2.45. The second-order valence-corrected chi connectivity index (χ2v) is 7.01. The van der Waals surface area contributed by atoms with Crippen LogP contribution in [0.15, 0.2) is 52.3 Å². The fourth-order valence-corrected chi connectivity index (χ4v) is 3.06. The van der Waals surface area contributed by atoms with Gasteiger partial charge in [0.2, 0.25) is 10.0 Å². The lowest BCUT2D eigenvalue weighted by molar-refractivity contribution is 0.102. The molecule has 128 valence electrons. The molecule has 8 heteroatoms. The summed E-state index contributed by atoms with van der Waals surface area (Å²) in [5.74, 6) is -0.438. The number of carbonyl (C=O) groups is 1. The van der Waals surface area contributed by atoms with Crippen LogP contribution in [0.5, 0.6) is 0 Å². The number of nitrogens with zero attached hydrogens (tertiary/aromatic N) is 1. The van der Waals surface area contributed by atoms with Crippen molar-refractivity contribution in [2.45, 2.75) is 18.2 Å². The summed E-state index contributed by atoms with van der Waals surface area (Å²) >= 11 is 0. The molecule has 0 spiro atoms. The molecule has 0 aliphatic rings. The lowest BCUT2D eigenvalue weighted by Crippen LogP contribution is -2.24. The molecule has 1 aromatic carbocycles. The van der Waals surface area contributed by atoms with E-state index in [1.54, 1.807) is 7.05 Å². The fraction of sp³-hybridized carbons (Fsp3) is 0.250. The Kier molecular flexibility index (Phi) is 5.53. The van der Waals surface area contributed by atoms with Gasteiger partial charge >= 0.3 is 0 Å². The van der Waals surface area contributed by atoms with Crippen molar-refractivity contribution in [2.24, 2.45) is 7.05 Å². The average Bonchev–Trinajstić information content (AvgIpc) is 2.56. The maximum atomic E-state index is 12.1. The van der Waals surface area contributed by atoms with Gasteiger partial charge in [0.05, 0.1) is 4.90 Å². The molecule has 1 amide bonds. The van der Waals surface area contributed by atoms with Gasteiger partial charge in [0, 0.05) is 37.1 Å². The molecule has 2 rings (SSSR count). The zero-order chi connectivity index (χ0) is 17.7. The summed E-state index contributed by atoms with van der Waals surface area (Å²) in [5.41, 5.74) is 0.389. The number of aromatic nitrogens is 1. The summed E-state index contributed by atoms with van der Waals surface area (Å²) in [4.78, 5) is 23.8. The van der Waals surface area contributed by atoms with Crippen LogP contribution in [0.2, 0.25) is 0 Å². The van der Waals surface area contributed by atoms with Crippen LogP contribution in [0.3, 0.4) is 0 Å². The van der Waals surface area contributed by atoms with E-state index in [4.69, 9.17) is 0 Å². The lowest BCUT2D eigenvalue weighted by Gasteiger charge is -2.08. The fourth-order valence-electron chi connectivity index (χ4n) is 1.93. The van der Waals surface area contributed by atoms with Crippen molar-refractivity contribution in [1.29, 1.82) is 0 Å². The van der Waals surface area contributed by atoms with Gasteiger partial charge < -0.3 is 9.88 Å². The molecule has 0 fully saturated rings. The topological polar surface area (TPSA) is 97.3 Å². The van der Waals surface area contributed by atoms with Gasteiger partial charge in [0.15, 0.2) is 0 Å². The quantitative estimate of drug-likeness (QED) is 0.822. The van der Waals surface area contributed by atoms with Gasteiger partial charge in [-0.05, 0) is 36.8 Å². The number of benzene rings is 1. The lowest BCUT2D eigenvalue weighted by atomic mass is 10.2. The number of pyridine rings is 1. The Morgan fingerprint density at radius 2 is 1.83 bits per heavy atom. The molecule has 2 aromatic rings. The average molecular weight is 349 g/mol. The largest absolute Gasteiger partial charge is 0.322 e. The van der Waals surface area contributed by atoms with Gasteiger partial charge in [-0.15, -0.1) is 0 Å². The molecule has 0 bridgehead atoms. The van der Waals surface area contributed by atoms with Gasteiger partial charge in [-0.3, -0.25) is 9.59 Å². The Morgan fingerprint density at radius 1 is 1.17 bits per heavy atom. The van der Waals surface area contributed by atoms with E-state index < -0.39 is 15.9 Å². The first-order valence-electron chi connectivity index (χ1n) is 7.41. The highest BCUT2D eigenvalue weighted by molar-refractivity contribution is 7.89. The van der Waals surface area contributed by atoms with Crippen molar-refractivity contribution in [3.05, 3.63) is 58.5 Å². The highest BCUT2D eigenvalue weighted by Gasteiger charge is 2.13. The van der Waals surface area contributed by atoms with Crippen LogP contribution < -0.4 is 15.6 Å². The van der Waals surface area contributed by atoms with Gasteiger partial charge in [0.1, 0.15) is 0 Å². The minimum Gasteiger partial charge on any atom is -0.322 e. The smallest absolute Gasteiger partial charge is 0.255 e. The maximum absolute atomic E-state index is 12.1. The van der Waals surface area contributed by atoms with E-state index in [1.807, 2.05) is 6.92 Å². The molecule has 1 aromatic heterocycles. The second kappa shape index (κ2) is 7.41. The van der Waals surface area contributed by atoms with Gasteiger partial charge in [-0.1, -0.05) is 6.92 Å². The molecule has 1 heterocycles. The third-order valence-corrected chi connectivity index (χ3v) is 4.81. The number of rotatable bonds is 6. The summed E-state index contributed by atoms with van der Waals surface area (Å²) < 4.78 is 27.8. The Morgan fingerprint density at radius 3 is 2.42 bits per heavy atom. The molecule has 0 radical (unpaired) electrons. The number of nitrogens with one attached hydrogen (secondary N) is 2. The predicted molar refractivity (Wildman–Crippen MR) is 91.6 cm³/mol. The monoisotopic (exact) mass is 349 g/mol. The number of aryl methyl sites for hydroxylation is 1. The van der Waals surface area contributed by atoms with Crippen molar-refractivity contribution in [3.8, 4) is 0 Å². The molecule has 0 atom stereocenters. The van der Waals surface area contributed by atoms with Crippen LogP contribution in [0.1, 0.15) is 23.7 Å². The first-order valence-corrected chi connectivity index (χ1v) is 8.89. The molecule has 0 unspecified atom stereocenters. The van der Waals surface area contributed by atoms with E-state index in [-0.39, 0.29) is 16.0 Å². The Bertz CT molecular complexity index is 886. The third kappa shape index (κ3) is 4.30. The number of hydrogen-bond acceptors (Lipinski definition) is 4. The predicted octanol–water partition coefficient (Wildman–Crippen LogP) is 1.33. The first-order chi connectivity index (χ1) is 11.3. The SMILES string of the molecule is CCCNS(=O)(=O)c1ccc(NC(=O)c2ccn(C)c(=O)c2)cc1. The molecule has 24 heavy (non-hydrogen) atoms. The van der Waals surface area contributed by atoms with Gasteiger partial charge in [0.25, 0.3) is 11.5 Å². The highest BCUT2D eigenvalue weighted by atomic mass is 32.2. The van der Waals surface area contributed by atoms with Crippen molar-refractivity contribution in [3.63, 3.8) is 0 Å². The molecular formula is C16H19N3O4S. The first kappa shape index (κ1) is 17.9. The van der Waals surface area contributed by atoms with E-state index >= 15 is 0 Å². The Balaban J connectivity index is 2.12. The highest BCUT2D eigenvalue weighted by Crippen LogP contribution is 2.14. The van der Waals surface area contributed by atoms with Crippen molar-refractivity contribution in [1.82, 2.24) is 9.29 Å². The molecular weight excluding hydrogens is 330 g/mol. The van der Waals surface area contributed by atoms with Crippen LogP contribution in [0, 0.1) is 0 Å². The summed E-state index contributed by atoms with van der Waals surface area (Å²) in [5, 5.41) is 2.62. The van der Waals surface area contributed by atoms with Crippen LogP contribution >= 0.6 is 0 Å². The molecule has 0 saturated heterocycles. The van der Waals surface area contributed by atoms with Crippen LogP contribution in [0.4, 0.5) is 5.69 Å². The second-order valence-electron chi connectivity index (χ2n) is 5.24. The van der Waals surface area contributed by atoms with E-state index in [0.29, 0.717) is 18.7 Å². The van der Waals surface area contributed by atoms with Crippen LogP contribution in [0.25, 0.3) is 0 Å². The summed E-state index contributed by atoms with van der Waals surface area (Å²) in [6.45, 7) is 2.24. The van der Waals surface area contributed by atoms with Gasteiger partial charge in [-0.25, -0.2) is 13.1 Å². The van der Waals surface area contributed by atoms with Crippen molar-refractivity contribution < 1.29 is 13.2 Å². The normalized spacial score (nSPS) is 11.2. The molecule has 0 saturated carbocycles. The zero-order valence-corrected chi connectivity index (χ0v) is 14.3. The maximum Gasteiger partial charge on any atom is 0.255 e. The van der Waals surface area contributed by atoms with E-state index in [1.165, 1.54) is 47.2 Å². The molecule has 0 aliphatic carbocycles. The number of anilines is 1. The van der Waals surface area contributed by atoms with Crippen molar-refractivity contribution >= 4 is 21.6 Å². The summed E-state index contributed by atoms with van der Waals surface area (Å²) in [6.07, 6.45) is 2.20. The number of hydrogen-bond donors (Lipinski definition) is 2. The number of carbonyl (C=O) groups excluding carboxylic acids is 1. The van der Waals surface area contributed by atoms with E-state index in [9.17, 15) is 18.0 Å². The molecule has 7 nitrogen and oxygen atoms in total. The minimum absolute atomic E-state index is 0.127. The summed E-state index contributed by atoms with van der Waals surface area (Å²) in [6, 6.07) is 8.60. The van der Waals surface area contributed by atoms with Crippen LogP contribution in [-0.4, -0.2) is 25.4 Å². The number of sulfonamides is 1. The van der Waals surface area contributed by atoms with E-state index in [0.717, 1.165) is 0 Å². The van der Waals surface area contributed by atoms with Gasteiger partial charge in [-0.2, -0.15) is 0 Å². The number of amides is 1. The molecule has 0 aliphatic heterocycles. The summed E-state index contributed by atoms with van der Waals surface area (Å²) in [7, 11) is -1.94. The minimum atomic E-state index is -3.54. The standard InChI is InChI=1S/C16H19N3O4S/c1-3-9-17-24(22,23)14-6-4-13(5-7-14)18-16(21)12-8-10-19(2)15(20)11-12/h4-8,10-11,17H,3,9H2,1-2H3,(H,18,21). The van der Waals surface area contributed by atoms with Crippen molar-refractivity contribution in [2.75, 3.05) is 11.9 Å². The third-order valence-electron chi connectivity index (χ3n) is 3.33.